The molecule has 2 saturated heterocycles. The second-order valence-electron chi connectivity index (χ2n) is 7.36. The summed E-state index contributed by atoms with van der Waals surface area (Å²) in [6, 6.07) is 5.91. The molecule has 150 valence electrons. The number of phenolic OH excluding ortho intramolecular Hbond substituents is 1. The fourth-order valence-electron chi connectivity index (χ4n) is 4.02. The molecule has 0 radical (unpaired) electrons. The first kappa shape index (κ1) is 15.9. The molecule has 5 rings (SSSR count). The Morgan fingerprint density at radius 3 is 2.79 bits per heavy atom. The van der Waals surface area contributed by atoms with Crippen LogP contribution in [0.5, 0.6) is 11.6 Å². The van der Waals surface area contributed by atoms with Crippen molar-refractivity contribution in [3.8, 4) is 28.6 Å². The molecule has 4 heterocycles. The minimum atomic E-state index is -1.46. The highest BCUT2D eigenvalue weighted by Gasteiger charge is 2.46. The molecule has 0 spiro atoms. The third-order valence-corrected chi connectivity index (χ3v) is 5.57. The lowest BCUT2D eigenvalue weighted by atomic mass is 10.0. The van der Waals surface area contributed by atoms with Gasteiger partial charge in [-0.25, -0.2) is 9.37 Å². The van der Waals surface area contributed by atoms with Crippen molar-refractivity contribution in [1.29, 1.82) is 0 Å². The Balaban J connectivity index is 1.32. The molecule has 0 amide bonds. The Morgan fingerprint density at radius 2 is 2.10 bits per heavy atom. The summed E-state index contributed by atoms with van der Waals surface area (Å²) in [6.45, 7) is 0. The second-order valence-corrected chi connectivity index (χ2v) is 7.36. The molecule has 1 aromatic carbocycles. The molecule has 2 bridgehead atoms. The first-order valence-electron chi connectivity index (χ1n) is 10.5. The number of piperidine rings is 1. The minimum Gasteiger partial charge on any atom is -0.507 e. The number of phenols is 1. The van der Waals surface area contributed by atoms with Crippen molar-refractivity contribution in [2.75, 3.05) is 7.05 Å². The SMILES string of the molecule is [2H][C@@]12C[C@H](Oc3ccc(-c4ccc(-n5ccnc5)cc4O)nn3)C[C@@]([2H])([C@H](F)C1)N2C. The van der Waals surface area contributed by atoms with Gasteiger partial charge < -0.3 is 14.4 Å². The predicted octanol–water partition coefficient (Wildman–Crippen LogP) is 2.99. The van der Waals surface area contributed by atoms with Gasteiger partial charge in [-0.2, -0.15) is 0 Å². The highest BCUT2D eigenvalue weighted by atomic mass is 19.1. The van der Waals surface area contributed by atoms with Gasteiger partial charge in [0, 0.05) is 57.7 Å². The lowest BCUT2D eigenvalue weighted by Crippen LogP contribution is -2.45. The monoisotopic (exact) mass is 397 g/mol. The van der Waals surface area contributed by atoms with Crippen molar-refractivity contribution in [1.82, 2.24) is 24.6 Å². The zero-order valence-electron chi connectivity index (χ0n) is 17.9. The number of nitrogens with zero attached hydrogens (tertiary/aromatic N) is 5. The van der Waals surface area contributed by atoms with E-state index in [4.69, 9.17) is 7.48 Å². The lowest BCUT2D eigenvalue weighted by Gasteiger charge is -2.35. The average Bonchev–Trinajstić information content (AvgIpc) is 3.30. The summed E-state index contributed by atoms with van der Waals surface area (Å²) in [5.74, 6) is 0.303. The Bertz CT molecular complexity index is 1100. The maximum absolute atomic E-state index is 14.4. The van der Waals surface area contributed by atoms with Crippen LogP contribution in [0.4, 0.5) is 4.39 Å². The maximum Gasteiger partial charge on any atom is 0.233 e. The van der Waals surface area contributed by atoms with E-state index < -0.39 is 24.3 Å². The van der Waals surface area contributed by atoms with Crippen LogP contribution in [0.2, 0.25) is 0 Å². The van der Waals surface area contributed by atoms with Crippen LogP contribution in [-0.4, -0.2) is 61.1 Å². The van der Waals surface area contributed by atoms with Gasteiger partial charge in [0.15, 0.2) is 0 Å². The van der Waals surface area contributed by atoms with Gasteiger partial charge in [0.2, 0.25) is 5.88 Å². The molecule has 0 unspecified atom stereocenters. The molecular weight excluding hydrogens is 373 g/mol. The van der Waals surface area contributed by atoms with E-state index in [0.717, 1.165) is 5.69 Å². The number of halogens is 1. The molecule has 2 aliphatic heterocycles. The summed E-state index contributed by atoms with van der Waals surface area (Å²) in [5.41, 5.74) is 1.77. The number of hydrogen-bond acceptors (Lipinski definition) is 6. The molecule has 2 aliphatic rings. The number of imidazole rings is 1. The van der Waals surface area contributed by atoms with Crippen molar-refractivity contribution >= 4 is 0 Å². The van der Waals surface area contributed by atoms with Gasteiger partial charge in [-0.15, -0.1) is 10.2 Å². The number of alkyl halides is 1. The molecule has 4 atom stereocenters. The fraction of sp³-hybridized carbons (Fsp3) is 0.381. The lowest BCUT2D eigenvalue weighted by molar-refractivity contribution is 0.0522. The Kier molecular flexibility index (Phi) is 3.89. The van der Waals surface area contributed by atoms with Crippen molar-refractivity contribution in [3.05, 3.63) is 49.1 Å². The minimum absolute atomic E-state index is 0.00578. The third-order valence-electron chi connectivity index (χ3n) is 5.57. The van der Waals surface area contributed by atoms with E-state index in [-0.39, 0.29) is 24.5 Å². The van der Waals surface area contributed by atoms with Crippen LogP contribution in [-0.2, 0) is 0 Å². The predicted molar refractivity (Wildman–Crippen MR) is 105 cm³/mol. The quantitative estimate of drug-likeness (QED) is 0.729. The number of fused-ring (bicyclic) bond motifs is 2. The van der Waals surface area contributed by atoms with Crippen molar-refractivity contribution < 1.29 is 17.0 Å². The van der Waals surface area contributed by atoms with E-state index in [9.17, 15) is 9.50 Å². The highest BCUT2D eigenvalue weighted by molar-refractivity contribution is 5.68. The molecule has 7 nitrogen and oxygen atoms in total. The molecule has 0 saturated carbocycles. The van der Waals surface area contributed by atoms with Crippen LogP contribution in [0, 0.1) is 0 Å². The van der Waals surface area contributed by atoms with Crippen LogP contribution < -0.4 is 4.74 Å². The van der Waals surface area contributed by atoms with Crippen molar-refractivity contribution in [3.63, 3.8) is 0 Å². The van der Waals surface area contributed by atoms with E-state index in [1.807, 2.05) is 6.07 Å². The number of ether oxygens (including phenoxy) is 1. The molecule has 3 aromatic rings. The Morgan fingerprint density at radius 1 is 1.21 bits per heavy atom. The zero-order chi connectivity index (χ0) is 21.8. The summed E-state index contributed by atoms with van der Waals surface area (Å²) in [7, 11) is 1.63. The topological polar surface area (TPSA) is 76.3 Å². The van der Waals surface area contributed by atoms with E-state index in [1.54, 1.807) is 54.6 Å². The molecule has 29 heavy (non-hydrogen) atoms. The number of aromatic hydroxyl groups is 1. The van der Waals surface area contributed by atoms with Gasteiger partial charge in [-0.05, 0) is 31.7 Å². The number of hydrogen-bond donors (Lipinski definition) is 1. The summed E-state index contributed by atoms with van der Waals surface area (Å²) < 4.78 is 39.0. The number of benzene rings is 1. The van der Waals surface area contributed by atoms with Gasteiger partial charge >= 0.3 is 0 Å². The summed E-state index contributed by atoms with van der Waals surface area (Å²) in [6.07, 6.45) is 3.66. The molecular formula is C21H22FN5O2. The number of aromatic nitrogens is 4. The Hall–Kier alpha value is -3.00. The first-order chi connectivity index (χ1) is 14.8. The maximum atomic E-state index is 14.4. The smallest absolute Gasteiger partial charge is 0.233 e. The molecule has 0 aliphatic carbocycles. The van der Waals surface area contributed by atoms with Crippen LogP contribution in [0.3, 0.4) is 0 Å². The first-order valence-corrected chi connectivity index (χ1v) is 9.49. The summed E-state index contributed by atoms with van der Waals surface area (Å²) in [5, 5.41) is 18.7. The molecule has 2 fully saturated rings. The summed E-state index contributed by atoms with van der Waals surface area (Å²) in [4.78, 5) is 5.50. The molecule has 1 N–H and O–H groups in total. The van der Waals surface area contributed by atoms with Crippen LogP contribution in [0.25, 0.3) is 16.9 Å². The standard InChI is InChI=1S/C21H22FN5O2/c1-26-14-8-15(11-19(26)17(22)9-14)29-21-5-4-18(24-25-21)16-3-2-13(10-20(16)28)27-7-6-23-12-27/h2-7,10,12,14-15,17,19,28H,8-9,11H2,1H3/t14-,15+,17-,19+/m1/s1/i14D,19D. The fourth-order valence-corrected chi connectivity index (χ4v) is 4.02. The van der Waals surface area contributed by atoms with E-state index in [1.165, 1.54) is 4.90 Å². The van der Waals surface area contributed by atoms with Gasteiger partial charge in [-0.3, -0.25) is 4.90 Å². The van der Waals surface area contributed by atoms with Gasteiger partial charge in [0.1, 0.15) is 18.0 Å². The largest absolute Gasteiger partial charge is 0.507 e. The molecule has 8 heteroatoms. The van der Waals surface area contributed by atoms with Gasteiger partial charge in [-0.1, -0.05) is 0 Å². The van der Waals surface area contributed by atoms with Gasteiger partial charge in [0.25, 0.3) is 0 Å². The van der Waals surface area contributed by atoms with Crippen LogP contribution in [0.1, 0.15) is 22.0 Å². The Labute approximate surface area is 170 Å². The zero-order valence-corrected chi connectivity index (χ0v) is 15.9. The number of rotatable bonds is 4. The van der Waals surface area contributed by atoms with E-state index >= 15 is 0 Å². The molecule has 2 aromatic heterocycles. The third kappa shape index (κ3) is 3.33. The van der Waals surface area contributed by atoms with Crippen LogP contribution in [0.15, 0.2) is 49.1 Å². The normalized spacial score (nSPS) is 32.6. The second kappa shape index (κ2) is 7.11. The van der Waals surface area contributed by atoms with Crippen molar-refractivity contribution in [2.24, 2.45) is 0 Å². The van der Waals surface area contributed by atoms with Gasteiger partial charge in [0.05, 0.1) is 17.7 Å². The van der Waals surface area contributed by atoms with E-state index in [2.05, 4.69) is 15.2 Å². The van der Waals surface area contributed by atoms with Crippen molar-refractivity contribution in [2.45, 2.75) is 43.6 Å². The van der Waals surface area contributed by atoms with E-state index in [0.29, 0.717) is 17.7 Å². The average molecular weight is 397 g/mol. The highest BCUT2D eigenvalue weighted by Crippen LogP contribution is 2.37. The summed E-state index contributed by atoms with van der Waals surface area (Å²) >= 11 is 0. The van der Waals surface area contributed by atoms with Crippen LogP contribution >= 0.6 is 0 Å².